The van der Waals surface area contributed by atoms with Crippen LogP contribution < -0.4 is 5.73 Å². The van der Waals surface area contributed by atoms with Crippen LogP contribution in [0.15, 0.2) is 40.8 Å². The SMILES string of the molecule is Cc1ccc(C(N)Cc2ccc(I)cc2)o1. The van der Waals surface area contributed by atoms with E-state index in [-0.39, 0.29) is 6.04 Å². The number of rotatable bonds is 3. The Bertz CT molecular complexity index is 461. The van der Waals surface area contributed by atoms with E-state index in [0.29, 0.717) is 0 Å². The van der Waals surface area contributed by atoms with E-state index in [0.717, 1.165) is 17.9 Å². The molecule has 3 heteroatoms. The van der Waals surface area contributed by atoms with Crippen LogP contribution in [0.1, 0.15) is 23.1 Å². The van der Waals surface area contributed by atoms with Crippen LogP contribution in [0.5, 0.6) is 0 Å². The molecule has 1 aromatic carbocycles. The second-order valence-corrected chi connectivity index (χ2v) is 5.13. The lowest BCUT2D eigenvalue weighted by Gasteiger charge is -2.08. The molecule has 0 saturated heterocycles. The number of furan rings is 1. The number of nitrogens with two attached hydrogens (primary N) is 1. The molecule has 84 valence electrons. The summed E-state index contributed by atoms with van der Waals surface area (Å²) in [7, 11) is 0. The van der Waals surface area contributed by atoms with Gasteiger partial charge in [-0.1, -0.05) is 12.1 Å². The van der Waals surface area contributed by atoms with Crippen LogP contribution in [0, 0.1) is 10.5 Å². The first kappa shape index (κ1) is 11.7. The van der Waals surface area contributed by atoms with Gasteiger partial charge in [0, 0.05) is 3.57 Å². The highest BCUT2D eigenvalue weighted by Crippen LogP contribution is 2.19. The molecular formula is C13H14INO. The Labute approximate surface area is 109 Å². The van der Waals surface area contributed by atoms with Gasteiger partial charge in [0.15, 0.2) is 0 Å². The van der Waals surface area contributed by atoms with Gasteiger partial charge < -0.3 is 10.2 Å². The third-order valence-corrected chi connectivity index (χ3v) is 3.21. The summed E-state index contributed by atoms with van der Waals surface area (Å²) in [5.74, 6) is 1.77. The largest absolute Gasteiger partial charge is 0.465 e. The molecule has 1 aromatic heterocycles. The van der Waals surface area contributed by atoms with Crippen LogP contribution in [0.4, 0.5) is 0 Å². The third kappa shape index (κ3) is 2.86. The van der Waals surface area contributed by atoms with Gasteiger partial charge in [-0.25, -0.2) is 0 Å². The number of halogens is 1. The van der Waals surface area contributed by atoms with Crippen LogP contribution in [0.2, 0.25) is 0 Å². The maximum Gasteiger partial charge on any atom is 0.121 e. The topological polar surface area (TPSA) is 39.2 Å². The Morgan fingerprint density at radius 1 is 1.19 bits per heavy atom. The molecule has 2 rings (SSSR count). The predicted molar refractivity (Wildman–Crippen MR) is 73.2 cm³/mol. The molecule has 0 spiro atoms. The molecule has 0 radical (unpaired) electrons. The quantitative estimate of drug-likeness (QED) is 0.877. The average Bonchev–Trinajstić information content (AvgIpc) is 2.68. The molecule has 1 heterocycles. The number of hydrogen-bond donors (Lipinski definition) is 1. The summed E-state index contributed by atoms with van der Waals surface area (Å²) in [5.41, 5.74) is 7.32. The molecule has 0 aliphatic rings. The molecule has 2 N–H and O–H groups in total. The Balaban J connectivity index is 2.07. The van der Waals surface area contributed by atoms with Gasteiger partial charge in [0.1, 0.15) is 11.5 Å². The molecule has 0 saturated carbocycles. The van der Waals surface area contributed by atoms with E-state index in [2.05, 4.69) is 46.9 Å². The van der Waals surface area contributed by atoms with Gasteiger partial charge in [0.2, 0.25) is 0 Å². The Kier molecular flexibility index (Phi) is 3.66. The number of hydrogen-bond acceptors (Lipinski definition) is 2. The van der Waals surface area contributed by atoms with Gasteiger partial charge in [-0.2, -0.15) is 0 Å². The highest BCUT2D eigenvalue weighted by molar-refractivity contribution is 14.1. The van der Waals surface area contributed by atoms with Gasteiger partial charge in [-0.05, 0) is 65.8 Å². The van der Waals surface area contributed by atoms with Crippen molar-refractivity contribution >= 4 is 22.6 Å². The molecule has 0 aliphatic heterocycles. The Morgan fingerprint density at radius 3 is 2.44 bits per heavy atom. The van der Waals surface area contributed by atoms with Crippen molar-refractivity contribution in [3.63, 3.8) is 0 Å². The molecule has 2 nitrogen and oxygen atoms in total. The summed E-state index contributed by atoms with van der Waals surface area (Å²) >= 11 is 2.30. The summed E-state index contributed by atoms with van der Waals surface area (Å²) in [5, 5.41) is 0. The average molecular weight is 327 g/mol. The Morgan fingerprint density at radius 2 is 1.88 bits per heavy atom. The molecule has 0 fully saturated rings. The fourth-order valence-electron chi connectivity index (χ4n) is 1.63. The molecule has 0 amide bonds. The van der Waals surface area contributed by atoms with Crippen molar-refractivity contribution in [2.24, 2.45) is 5.73 Å². The Hall–Kier alpha value is -0.810. The maximum atomic E-state index is 6.08. The minimum atomic E-state index is -0.0613. The molecule has 1 atom stereocenters. The summed E-state index contributed by atoms with van der Waals surface area (Å²) in [6, 6.07) is 12.2. The van der Waals surface area contributed by atoms with Crippen molar-refractivity contribution in [2.75, 3.05) is 0 Å². The van der Waals surface area contributed by atoms with E-state index in [9.17, 15) is 0 Å². The number of aryl methyl sites for hydroxylation is 1. The van der Waals surface area contributed by atoms with E-state index in [4.69, 9.17) is 10.2 Å². The van der Waals surface area contributed by atoms with Gasteiger partial charge in [0.25, 0.3) is 0 Å². The zero-order valence-electron chi connectivity index (χ0n) is 9.11. The first-order valence-corrected chi connectivity index (χ1v) is 6.29. The number of benzene rings is 1. The first-order valence-electron chi connectivity index (χ1n) is 5.21. The van der Waals surface area contributed by atoms with Gasteiger partial charge >= 0.3 is 0 Å². The molecular weight excluding hydrogens is 313 g/mol. The van der Waals surface area contributed by atoms with Crippen molar-refractivity contribution in [2.45, 2.75) is 19.4 Å². The predicted octanol–water partition coefficient (Wildman–Crippen LogP) is 3.44. The molecule has 2 aromatic rings. The van der Waals surface area contributed by atoms with E-state index in [1.165, 1.54) is 9.13 Å². The van der Waals surface area contributed by atoms with Crippen LogP contribution in [-0.4, -0.2) is 0 Å². The van der Waals surface area contributed by atoms with Crippen molar-refractivity contribution in [3.05, 3.63) is 57.1 Å². The van der Waals surface area contributed by atoms with Crippen LogP contribution in [0.3, 0.4) is 0 Å². The lowest BCUT2D eigenvalue weighted by Crippen LogP contribution is -2.12. The molecule has 0 aliphatic carbocycles. The van der Waals surface area contributed by atoms with Crippen LogP contribution in [0.25, 0.3) is 0 Å². The van der Waals surface area contributed by atoms with Crippen LogP contribution in [-0.2, 0) is 6.42 Å². The summed E-state index contributed by atoms with van der Waals surface area (Å²) in [6.45, 7) is 1.93. The lowest BCUT2D eigenvalue weighted by atomic mass is 10.1. The highest BCUT2D eigenvalue weighted by Gasteiger charge is 2.10. The first-order chi connectivity index (χ1) is 7.65. The van der Waals surface area contributed by atoms with Crippen molar-refractivity contribution in [1.82, 2.24) is 0 Å². The summed E-state index contributed by atoms with van der Waals surface area (Å²) < 4.78 is 6.75. The van der Waals surface area contributed by atoms with Crippen LogP contribution >= 0.6 is 22.6 Å². The highest BCUT2D eigenvalue weighted by atomic mass is 127. The molecule has 1 unspecified atom stereocenters. The molecule has 0 bridgehead atoms. The molecule has 16 heavy (non-hydrogen) atoms. The van der Waals surface area contributed by atoms with Crippen molar-refractivity contribution < 1.29 is 4.42 Å². The summed E-state index contributed by atoms with van der Waals surface area (Å²) in [6.07, 6.45) is 0.809. The zero-order chi connectivity index (χ0) is 11.5. The van der Waals surface area contributed by atoms with Gasteiger partial charge in [0.05, 0.1) is 6.04 Å². The third-order valence-electron chi connectivity index (χ3n) is 2.50. The van der Waals surface area contributed by atoms with Gasteiger partial charge in [-0.3, -0.25) is 0 Å². The summed E-state index contributed by atoms with van der Waals surface area (Å²) in [4.78, 5) is 0. The van der Waals surface area contributed by atoms with E-state index >= 15 is 0 Å². The fourth-order valence-corrected chi connectivity index (χ4v) is 1.99. The zero-order valence-corrected chi connectivity index (χ0v) is 11.3. The minimum Gasteiger partial charge on any atom is -0.465 e. The van der Waals surface area contributed by atoms with E-state index in [1.54, 1.807) is 0 Å². The minimum absolute atomic E-state index is 0.0613. The maximum absolute atomic E-state index is 6.08. The smallest absolute Gasteiger partial charge is 0.121 e. The normalized spacial score (nSPS) is 12.7. The van der Waals surface area contributed by atoms with Crippen molar-refractivity contribution in [1.29, 1.82) is 0 Å². The van der Waals surface area contributed by atoms with E-state index in [1.807, 2.05) is 19.1 Å². The standard InChI is InChI=1S/C13H14INO/c1-9-2-7-13(16-9)12(15)8-10-3-5-11(14)6-4-10/h2-7,12H,8,15H2,1H3. The van der Waals surface area contributed by atoms with E-state index < -0.39 is 0 Å². The monoisotopic (exact) mass is 327 g/mol. The fraction of sp³-hybridized carbons (Fsp3) is 0.231. The second-order valence-electron chi connectivity index (χ2n) is 3.89. The van der Waals surface area contributed by atoms with Gasteiger partial charge in [-0.15, -0.1) is 0 Å². The lowest BCUT2D eigenvalue weighted by molar-refractivity contribution is 0.445. The van der Waals surface area contributed by atoms with Crippen molar-refractivity contribution in [3.8, 4) is 0 Å². The second kappa shape index (κ2) is 5.01.